The third-order valence-corrected chi connectivity index (χ3v) is 6.92. The molecular weight excluding hydrogens is 454 g/mol. The van der Waals surface area contributed by atoms with E-state index in [0.717, 1.165) is 34.1 Å². The number of aromatic nitrogens is 2. The zero-order valence-corrected chi connectivity index (χ0v) is 19.4. The second-order valence-corrected chi connectivity index (χ2v) is 9.39. The second-order valence-electron chi connectivity index (χ2n) is 7.78. The van der Waals surface area contributed by atoms with Crippen LogP contribution in [0.5, 0.6) is 0 Å². The fourth-order valence-electron chi connectivity index (χ4n) is 3.92. The zero-order chi connectivity index (χ0) is 22.9. The maximum absolute atomic E-state index is 13.1. The molecule has 33 heavy (non-hydrogen) atoms. The Balaban J connectivity index is 1.48. The highest BCUT2D eigenvalue weighted by Crippen LogP contribution is 2.36. The largest absolute Gasteiger partial charge is 0.274 e. The number of halogens is 1. The Kier molecular flexibility index (Phi) is 5.87. The van der Waals surface area contributed by atoms with Crippen molar-refractivity contribution in [2.75, 3.05) is 4.90 Å². The molecule has 1 aliphatic heterocycles. The van der Waals surface area contributed by atoms with E-state index >= 15 is 0 Å². The van der Waals surface area contributed by atoms with Gasteiger partial charge in [0.05, 0.1) is 16.9 Å². The highest BCUT2D eigenvalue weighted by molar-refractivity contribution is 8.00. The van der Waals surface area contributed by atoms with Crippen LogP contribution in [0.3, 0.4) is 0 Å². The minimum atomic E-state index is -0.572. The summed E-state index contributed by atoms with van der Waals surface area (Å²) in [6.07, 6.45) is 1.01. The summed E-state index contributed by atoms with van der Waals surface area (Å²) in [6, 6.07) is 22.8. The summed E-state index contributed by atoms with van der Waals surface area (Å²) < 4.78 is 0. The molecule has 2 heterocycles. The predicted octanol–water partition coefficient (Wildman–Crippen LogP) is 5.94. The molecule has 0 bridgehead atoms. The third-order valence-electron chi connectivity index (χ3n) is 5.64. The number of aryl methyl sites for hydroxylation is 1. The summed E-state index contributed by atoms with van der Waals surface area (Å²) in [5.74, 6) is -0.451. The second kappa shape index (κ2) is 8.96. The molecule has 0 N–H and O–H groups in total. The van der Waals surface area contributed by atoms with Gasteiger partial charge in [0, 0.05) is 22.4 Å². The number of hydrogen-bond donors (Lipinski definition) is 0. The highest BCUT2D eigenvalue weighted by Gasteiger charge is 2.40. The van der Waals surface area contributed by atoms with E-state index < -0.39 is 5.25 Å². The van der Waals surface area contributed by atoms with Gasteiger partial charge in [0.15, 0.2) is 5.16 Å². The van der Waals surface area contributed by atoms with Crippen molar-refractivity contribution in [2.24, 2.45) is 0 Å². The number of anilines is 1. The van der Waals surface area contributed by atoms with E-state index in [4.69, 9.17) is 16.6 Å². The molecule has 1 aliphatic rings. The van der Waals surface area contributed by atoms with Crippen LogP contribution in [-0.4, -0.2) is 27.0 Å². The molecule has 5 rings (SSSR count). The average molecular weight is 474 g/mol. The molecule has 1 atom stereocenters. The summed E-state index contributed by atoms with van der Waals surface area (Å²) in [4.78, 5) is 36.6. The first-order valence-corrected chi connectivity index (χ1v) is 11.9. The van der Waals surface area contributed by atoms with E-state index in [9.17, 15) is 9.59 Å². The molecule has 0 aliphatic carbocycles. The van der Waals surface area contributed by atoms with Gasteiger partial charge in [0.25, 0.3) is 0 Å². The molecule has 4 aromatic rings. The number of fused-ring (bicyclic) bond motifs is 1. The molecule has 0 radical (unpaired) electrons. The van der Waals surface area contributed by atoms with Crippen molar-refractivity contribution in [3.05, 3.63) is 83.4 Å². The maximum Gasteiger partial charge on any atom is 0.247 e. The molecule has 1 saturated heterocycles. The lowest BCUT2D eigenvalue weighted by Gasteiger charge is -2.15. The lowest BCUT2D eigenvalue weighted by molar-refractivity contribution is -0.121. The molecule has 0 spiro atoms. The number of hydrogen-bond acceptors (Lipinski definition) is 5. The number of amides is 2. The first-order chi connectivity index (χ1) is 16.0. The Labute approximate surface area is 200 Å². The Morgan fingerprint density at radius 2 is 1.76 bits per heavy atom. The van der Waals surface area contributed by atoms with Crippen LogP contribution in [0.15, 0.2) is 78.0 Å². The molecule has 0 saturated carbocycles. The van der Waals surface area contributed by atoms with Crippen LogP contribution in [0.4, 0.5) is 5.69 Å². The first-order valence-electron chi connectivity index (χ1n) is 10.7. The first kappa shape index (κ1) is 21.6. The van der Waals surface area contributed by atoms with Crippen molar-refractivity contribution < 1.29 is 9.59 Å². The molecule has 7 heteroatoms. The van der Waals surface area contributed by atoms with Gasteiger partial charge in [0.1, 0.15) is 5.25 Å². The molecule has 1 aromatic heterocycles. The van der Waals surface area contributed by atoms with Gasteiger partial charge in [-0.1, -0.05) is 72.8 Å². The molecule has 5 nitrogen and oxygen atoms in total. The number of imide groups is 1. The van der Waals surface area contributed by atoms with Crippen LogP contribution in [-0.2, 0) is 16.0 Å². The summed E-state index contributed by atoms with van der Waals surface area (Å²) >= 11 is 7.47. The van der Waals surface area contributed by atoms with Crippen molar-refractivity contribution in [2.45, 2.75) is 30.2 Å². The number of rotatable bonds is 5. The standard InChI is InChI=1S/C26H20ClN3O2S/c1-2-16-8-11-19(12-9-16)30-23(31)15-22(25(30)32)33-26-28-21-13-10-18(27)14-20(21)24(29-26)17-6-4-3-5-7-17/h3-14,22H,2,15H2,1H3/t22-/m0/s1. The minimum Gasteiger partial charge on any atom is -0.274 e. The molecule has 0 unspecified atom stereocenters. The van der Waals surface area contributed by atoms with Crippen molar-refractivity contribution >= 4 is 51.8 Å². The maximum atomic E-state index is 13.1. The van der Waals surface area contributed by atoms with Gasteiger partial charge in [-0.25, -0.2) is 14.9 Å². The Morgan fingerprint density at radius 1 is 1.00 bits per heavy atom. The predicted molar refractivity (Wildman–Crippen MR) is 133 cm³/mol. The fourth-order valence-corrected chi connectivity index (χ4v) is 5.08. The van der Waals surface area contributed by atoms with Crippen molar-refractivity contribution in [1.29, 1.82) is 0 Å². The molecule has 164 valence electrons. The smallest absolute Gasteiger partial charge is 0.247 e. The summed E-state index contributed by atoms with van der Waals surface area (Å²) in [6.45, 7) is 2.06. The van der Waals surface area contributed by atoms with E-state index in [0.29, 0.717) is 15.9 Å². The quantitative estimate of drug-likeness (QED) is 0.265. The topological polar surface area (TPSA) is 63.2 Å². The van der Waals surface area contributed by atoms with Gasteiger partial charge in [-0.2, -0.15) is 0 Å². The fraction of sp³-hybridized carbons (Fsp3) is 0.154. The number of benzene rings is 3. The van der Waals surface area contributed by atoms with Crippen molar-refractivity contribution in [3.8, 4) is 11.3 Å². The Morgan fingerprint density at radius 3 is 2.48 bits per heavy atom. The lowest BCUT2D eigenvalue weighted by atomic mass is 10.1. The van der Waals surface area contributed by atoms with Gasteiger partial charge in [-0.3, -0.25) is 9.59 Å². The molecular formula is C26H20ClN3O2S. The van der Waals surface area contributed by atoms with Gasteiger partial charge in [-0.05, 0) is 42.3 Å². The normalized spacial score (nSPS) is 16.1. The van der Waals surface area contributed by atoms with E-state index in [2.05, 4.69) is 11.9 Å². The monoisotopic (exact) mass is 473 g/mol. The summed E-state index contributed by atoms with van der Waals surface area (Å²) in [5, 5.41) is 1.32. The van der Waals surface area contributed by atoms with Crippen molar-refractivity contribution in [1.82, 2.24) is 9.97 Å². The number of nitrogens with zero attached hydrogens (tertiary/aromatic N) is 3. The summed E-state index contributed by atoms with van der Waals surface area (Å²) in [5.41, 5.74) is 4.17. The van der Waals surface area contributed by atoms with Gasteiger partial charge < -0.3 is 0 Å². The molecule has 1 fully saturated rings. The van der Waals surface area contributed by atoms with Gasteiger partial charge in [0.2, 0.25) is 11.8 Å². The molecule has 3 aromatic carbocycles. The van der Waals surface area contributed by atoms with E-state index in [1.165, 1.54) is 16.7 Å². The summed E-state index contributed by atoms with van der Waals surface area (Å²) in [7, 11) is 0. The van der Waals surface area contributed by atoms with E-state index in [1.54, 1.807) is 6.07 Å². The van der Waals surface area contributed by atoms with Gasteiger partial charge in [-0.15, -0.1) is 0 Å². The Bertz CT molecular complexity index is 1360. The minimum absolute atomic E-state index is 0.113. The highest BCUT2D eigenvalue weighted by atomic mass is 35.5. The lowest BCUT2D eigenvalue weighted by Crippen LogP contribution is -2.31. The van der Waals surface area contributed by atoms with Crippen LogP contribution < -0.4 is 4.90 Å². The zero-order valence-electron chi connectivity index (χ0n) is 17.9. The van der Waals surface area contributed by atoms with Crippen LogP contribution in [0.25, 0.3) is 22.2 Å². The SMILES string of the molecule is CCc1ccc(N2C(=O)C[C@H](Sc3nc(-c4ccccc4)c4cc(Cl)ccc4n3)C2=O)cc1. The van der Waals surface area contributed by atoms with Crippen molar-refractivity contribution in [3.63, 3.8) is 0 Å². The van der Waals surface area contributed by atoms with Crippen LogP contribution >= 0.6 is 23.4 Å². The number of thioether (sulfide) groups is 1. The average Bonchev–Trinajstić information content (AvgIpc) is 3.12. The molecule has 2 amide bonds. The van der Waals surface area contributed by atoms with Gasteiger partial charge >= 0.3 is 0 Å². The third kappa shape index (κ3) is 4.24. The number of carbonyl (C=O) groups excluding carboxylic acids is 2. The van der Waals surface area contributed by atoms with E-state index in [1.807, 2.05) is 66.7 Å². The van der Waals surface area contributed by atoms with Crippen LogP contribution in [0, 0.1) is 0 Å². The van der Waals surface area contributed by atoms with E-state index in [-0.39, 0.29) is 18.2 Å². The van der Waals surface area contributed by atoms with Crippen LogP contribution in [0.1, 0.15) is 18.9 Å². The van der Waals surface area contributed by atoms with Crippen LogP contribution in [0.2, 0.25) is 5.02 Å². The Hall–Kier alpha value is -3.22. The number of carbonyl (C=O) groups is 2.